The van der Waals surface area contributed by atoms with E-state index in [9.17, 15) is 30.0 Å². The largest absolute Gasteiger partial charge is 0.860 e. The van der Waals surface area contributed by atoms with Crippen molar-refractivity contribution >= 4 is 0 Å². The van der Waals surface area contributed by atoms with Gasteiger partial charge in [-0.2, -0.15) is 0 Å². The smallest absolute Gasteiger partial charge is 0.329 e. The fourth-order valence-corrected chi connectivity index (χ4v) is 2.44. The lowest BCUT2D eigenvalue weighted by Gasteiger charge is -2.41. The van der Waals surface area contributed by atoms with Crippen LogP contribution in [0.1, 0.15) is 11.7 Å². The molecule has 5 atom stereocenters. The van der Waals surface area contributed by atoms with Crippen LogP contribution < -0.4 is 16.4 Å². The second-order valence-electron chi connectivity index (χ2n) is 5.17. The van der Waals surface area contributed by atoms with Crippen LogP contribution in [0.15, 0.2) is 9.59 Å². The second-order valence-corrected chi connectivity index (χ2v) is 5.17. The summed E-state index contributed by atoms with van der Waals surface area (Å²) in [6.45, 7) is -0.693. The normalized spacial score (nSPS) is 32.2. The Morgan fingerprint density at radius 3 is 2.23 bits per heavy atom. The maximum absolute atomic E-state index is 12.1. The first-order valence-corrected chi connectivity index (χ1v) is 6.49. The van der Waals surface area contributed by atoms with Crippen molar-refractivity contribution in [1.29, 1.82) is 0 Å². The summed E-state index contributed by atoms with van der Waals surface area (Å²) in [6.07, 6.45) is -7.94. The average molecular weight is 317 g/mol. The molecular formula is C12H17N2O8-. The average Bonchev–Trinajstić information content (AvgIpc) is 2.51. The molecule has 1 saturated heterocycles. The van der Waals surface area contributed by atoms with Gasteiger partial charge in [0.25, 0.3) is 5.56 Å². The zero-order chi connectivity index (χ0) is 16.8. The highest BCUT2D eigenvalue weighted by atomic mass is 16.5. The van der Waals surface area contributed by atoms with Gasteiger partial charge in [0.05, 0.1) is 12.2 Å². The Kier molecular flexibility index (Phi) is 4.40. The van der Waals surface area contributed by atoms with Gasteiger partial charge in [0.1, 0.15) is 30.5 Å². The number of aliphatic hydroxyl groups is 4. The maximum atomic E-state index is 12.1. The lowest BCUT2D eigenvalue weighted by atomic mass is 9.92. The number of ether oxygens (including phenoxy) is 1. The van der Waals surface area contributed by atoms with Crippen LogP contribution >= 0.6 is 0 Å². The molecule has 0 bridgehead atoms. The molecule has 0 spiro atoms. The summed E-state index contributed by atoms with van der Waals surface area (Å²) >= 11 is 0. The number of hydrogen-bond donors (Lipinski definition) is 4. The minimum absolute atomic E-state index is 0.554. The van der Waals surface area contributed by atoms with Gasteiger partial charge in [-0.3, -0.25) is 9.36 Å². The topological polar surface area (TPSA) is 157 Å². The predicted molar refractivity (Wildman–Crippen MR) is 69.1 cm³/mol. The molecule has 0 amide bonds. The molecule has 2 heterocycles. The maximum Gasteiger partial charge on any atom is 0.329 e. The number of aromatic nitrogens is 2. The van der Waals surface area contributed by atoms with Gasteiger partial charge in [-0.15, -0.1) is 0 Å². The third-order valence-corrected chi connectivity index (χ3v) is 3.82. The number of rotatable bonds is 2. The molecule has 1 aromatic rings. The Bertz CT molecular complexity index is 679. The molecule has 1 aromatic heterocycles. The molecule has 2 rings (SSSR count). The second kappa shape index (κ2) is 5.82. The Morgan fingerprint density at radius 1 is 1.09 bits per heavy atom. The third-order valence-electron chi connectivity index (χ3n) is 3.82. The van der Waals surface area contributed by atoms with E-state index in [1.807, 2.05) is 0 Å². The van der Waals surface area contributed by atoms with Crippen molar-refractivity contribution in [3.63, 3.8) is 0 Å². The van der Waals surface area contributed by atoms with Crippen LogP contribution in [0.5, 0.6) is 5.88 Å². The summed E-state index contributed by atoms with van der Waals surface area (Å²) in [6, 6.07) is 0. The van der Waals surface area contributed by atoms with Gasteiger partial charge in [0, 0.05) is 14.1 Å². The first-order chi connectivity index (χ1) is 10.2. The Balaban J connectivity index is 2.61. The Labute approximate surface area is 124 Å². The van der Waals surface area contributed by atoms with E-state index in [1.165, 1.54) is 0 Å². The monoisotopic (exact) mass is 317 g/mol. The first-order valence-electron chi connectivity index (χ1n) is 6.49. The van der Waals surface area contributed by atoms with E-state index in [-0.39, 0.29) is 0 Å². The lowest BCUT2D eigenvalue weighted by Crippen LogP contribution is -2.56. The SMILES string of the molecule is Cn1c([O-])c(C2O[C@H](CO)[C@H](O)[C@H](O)[C@H]2O)c(=O)n(C)c1=O. The van der Waals surface area contributed by atoms with Crippen LogP contribution in [-0.4, -0.2) is 60.6 Å². The quantitative estimate of drug-likeness (QED) is 0.426. The van der Waals surface area contributed by atoms with Crippen molar-refractivity contribution in [1.82, 2.24) is 9.13 Å². The van der Waals surface area contributed by atoms with E-state index in [2.05, 4.69) is 0 Å². The van der Waals surface area contributed by atoms with Crippen molar-refractivity contribution in [2.75, 3.05) is 6.61 Å². The highest BCUT2D eigenvalue weighted by Crippen LogP contribution is 2.33. The van der Waals surface area contributed by atoms with Gasteiger partial charge >= 0.3 is 5.69 Å². The zero-order valence-corrected chi connectivity index (χ0v) is 11.9. The van der Waals surface area contributed by atoms with Gasteiger partial charge in [-0.25, -0.2) is 4.79 Å². The summed E-state index contributed by atoms with van der Waals surface area (Å²) < 4.78 is 6.52. The van der Waals surface area contributed by atoms with E-state index < -0.39 is 59.8 Å². The zero-order valence-electron chi connectivity index (χ0n) is 11.9. The van der Waals surface area contributed by atoms with Crippen molar-refractivity contribution < 1.29 is 30.3 Å². The molecule has 0 aliphatic carbocycles. The van der Waals surface area contributed by atoms with Crippen molar-refractivity contribution in [2.45, 2.75) is 30.5 Å². The molecular weight excluding hydrogens is 300 g/mol. The standard InChI is InChI=1S/C12H18N2O8/c1-13-10(19)5(11(20)14(2)12(13)21)9-8(18)7(17)6(16)4(3-15)22-9/h4,6-9,15-19H,3H2,1-2H3/p-1/t4-,6+,7+,8-,9?/m1/s1. The molecule has 4 N–H and O–H groups in total. The molecule has 10 nitrogen and oxygen atoms in total. The van der Waals surface area contributed by atoms with Gasteiger partial charge in [0.2, 0.25) is 0 Å². The number of hydrogen-bond acceptors (Lipinski definition) is 8. The summed E-state index contributed by atoms with van der Waals surface area (Å²) in [5, 5.41) is 50.7. The molecule has 22 heavy (non-hydrogen) atoms. The fourth-order valence-electron chi connectivity index (χ4n) is 2.44. The lowest BCUT2D eigenvalue weighted by molar-refractivity contribution is -0.287. The molecule has 10 heteroatoms. The van der Waals surface area contributed by atoms with Gasteiger partial charge in [-0.05, 0) is 5.88 Å². The molecule has 124 valence electrons. The van der Waals surface area contributed by atoms with Crippen molar-refractivity contribution in [2.24, 2.45) is 14.1 Å². The van der Waals surface area contributed by atoms with Crippen LogP contribution in [0, 0.1) is 0 Å². The molecule has 1 aliphatic rings. The fraction of sp³-hybridized carbons (Fsp3) is 0.667. The van der Waals surface area contributed by atoms with Crippen LogP contribution in [0.2, 0.25) is 0 Å². The van der Waals surface area contributed by atoms with E-state index >= 15 is 0 Å². The van der Waals surface area contributed by atoms with E-state index in [4.69, 9.17) is 9.84 Å². The van der Waals surface area contributed by atoms with Gasteiger partial charge in [0.15, 0.2) is 0 Å². The van der Waals surface area contributed by atoms with Crippen LogP contribution in [0.4, 0.5) is 0 Å². The van der Waals surface area contributed by atoms with E-state index in [0.717, 1.165) is 14.1 Å². The van der Waals surface area contributed by atoms with E-state index in [0.29, 0.717) is 9.13 Å². The molecule has 1 fully saturated rings. The Morgan fingerprint density at radius 2 is 1.68 bits per heavy atom. The summed E-state index contributed by atoms with van der Waals surface area (Å²) in [4.78, 5) is 23.8. The molecule has 0 aromatic carbocycles. The van der Waals surface area contributed by atoms with E-state index in [1.54, 1.807) is 0 Å². The summed E-state index contributed by atoms with van der Waals surface area (Å²) in [5.74, 6) is -0.975. The van der Waals surface area contributed by atoms with Crippen LogP contribution in [-0.2, 0) is 18.8 Å². The molecule has 1 unspecified atom stereocenters. The van der Waals surface area contributed by atoms with Gasteiger partial charge in [-0.1, -0.05) is 0 Å². The summed E-state index contributed by atoms with van der Waals surface area (Å²) in [7, 11) is 2.30. The number of nitrogens with zero attached hydrogens (tertiary/aromatic N) is 2. The minimum atomic E-state index is -1.77. The third kappa shape index (κ3) is 2.34. The van der Waals surface area contributed by atoms with Crippen LogP contribution in [0.3, 0.4) is 0 Å². The minimum Gasteiger partial charge on any atom is -0.860 e. The molecule has 1 aliphatic heterocycles. The van der Waals surface area contributed by atoms with Gasteiger partial charge < -0.3 is 34.8 Å². The predicted octanol–water partition coefficient (Wildman–Crippen LogP) is -4.33. The molecule has 0 saturated carbocycles. The number of aliphatic hydroxyl groups excluding tert-OH is 4. The Hall–Kier alpha value is -1.72. The highest BCUT2D eigenvalue weighted by Gasteiger charge is 2.45. The highest BCUT2D eigenvalue weighted by molar-refractivity contribution is 5.27. The van der Waals surface area contributed by atoms with Crippen molar-refractivity contribution in [3.8, 4) is 5.88 Å². The van der Waals surface area contributed by atoms with Crippen LogP contribution in [0.25, 0.3) is 0 Å². The molecule has 0 radical (unpaired) electrons. The first kappa shape index (κ1) is 16.6. The summed E-state index contributed by atoms with van der Waals surface area (Å²) in [5.41, 5.74) is -2.37. The van der Waals surface area contributed by atoms with Crippen molar-refractivity contribution in [3.05, 3.63) is 26.4 Å².